The molecule has 0 aliphatic carbocycles. The highest BCUT2D eigenvalue weighted by molar-refractivity contribution is 4.51. The Bertz CT molecular complexity index is 273. The summed E-state index contributed by atoms with van der Waals surface area (Å²) < 4.78 is 26.6. The lowest BCUT2D eigenvalue weighted by Gasteiger charge is -2.35. The zero-order valence-electron chi connectivity index (χ0n) is 20.9. The fourth-order valence-corrected chi connectivity index (χ4v) is 4.16. The predicted octanol–water partition coefficient (Wildman–Crippen LogP) is 4.95. The van der Waals surface area contributed by atoms with Crippen LogP contribution in [0.15, 0.2) is 0 Å². The zero-order valence-corrected chi connectivity index (χ0v) is 21.7. The second kappa shape index (κ2) is 25.4. The molecule has 0 amide bonds. The van der Waals surface area contributed by atoms with Crippen LogP contribution in [0.25, 0.3) is 0 Å². The number of hydrogen-bond acceptors (Lipinski definition) is 3. The molecule has 0 saturated heterocycles. The van der Waals surface area contributed by atoms with Gasteiger partial charge in [-0.1, -0.05) is 97.8 Å². The van der Waals surface area contributed by atoms with Gasteiger partial charge < -0.3 is 18.5 Å². The highest BCUT2D eigenvalue weighted by Crippen LogP contribution is 2.16. The van der Waals surface area contributed by atoms with Crippen LogP contribution in [0, 0.1) is 10.8 Å². The van der Waals surface area contributed by atoms with E-state index in [0.29, 0.717) is 0 Å². The van der Waals surface area contributed by atoms with Gasteiger partial charge >= 0.3 is 0 Å². The van der Waals surface area contributed by atoms with E-state index in [4.69, 9.17) is 14.0 Å². The van der Waals surface area contributed by atoms with Crippen LogP contribution in [0.4, 0.5) is 0 Å². The minimum atomic E-state index is -2.85. The maximum Gasteiger partial charge on any atom is 0.0784 e. The summed E-state index contributed by atoms with van der Waals surface area (Å²) in [7, 11) is -0.292. The summed E-state index contributed by atoms with van der Waals surface area (Å²) in [5.74, 6) is 0. The molecule has 0 atom stereocenters. The molecule has 184 valence electrons. The second-order valence-corrected chi connectivity index (χ2v) is 9.66. The molecule has 0 radical (unpaired) electrons. The van der Waals surface area contributed by atoms with Gasteiger partial charge in [-0.25, -0.2) is 0 Å². The van der Waals surface area contributed by atoms with Crippen LogP contribution in [-0.4, -0.2) is 31.2 Å². The van der Waals surface area contributed by atoms with E-state index in [1.807, 2.05) is 0 Å². The molecule has 0 spiro atoms. The van der Waals surface area contributed by atoms with Gasteiger partial charge in [-0.3, -0.25) is 0 Å². The van der Waals surface area contributed by atoms with Gasteiger partial charge in [0.25, 0.3) is 0 Å². The van der Waals surface area contributed by atoms with Gasteiger partial charge in [0.2, 0.25) is 0 Å². The largest absolute Gasteiger partial charge is 0.357 e. The summed E-state index contributed by atoms with van der Waals surface area (Å²) in [4.78, 5) is 0. The van der Waals surface area contributed by atoms with E-state index in [0.717, 1.165) is 0 Å². The van der Waals surface area contributed by atoms with E-state index in [2.05, 4.69) is 27.8 Å². The average molecular weight is 452 g/mol. The van der Waals surface area contributed by atoms with Gasteiger partial charge in [0.05, 0.1) is 37.5 Å². The molecule has 30 heavy (non-hydrogen) atoms. The van der Waals surface area contributed by atoms with Gasteiger partial charge in [-0.15, -0.1) is 0 Å². The fraction of sp³-hybridized carbons (Fsp3) is 1.00. The van der Waals surface area contributed by atoms with Gasteiger partial charge in [-0.05, 0) is 38.5 Å². The monoisotopic (exact) mass is 451 g/mol. The molecular formula is C25H54ClNO3. The molecule has 0 aromatic carbocycles. The van der Waals surface area contributed by atoms with Crippen LogP contribution in [0.3, 0.4) is 0 Å². The number of unbranched alkanes of at least 4 members (excludes halogenated alkanes) is 15. The maximum absolute atomic E-state index is 8.41. The fourth-order valence-electron chi connectivity index (χ4n) is 4.16. The average Bonchev–Trinajstić information content (AvgIpc) is 2.70. The Balaban J connectivity index is 0. The van der Waals surface area contributed by atoms with E-state index >= 15 is 0 Å². The molecule has 0 aliphatic rings. The van der Waals surface area contributed by atoms with Crippen molar-refractivity contribution < 1.29 is 29.2 Å². The Kier molecular flexibility index (Phi) is 27.3. The molecule has 0 bridgehead atoms. The SMILES string of the molecule is CCCCCCCC[N+](C)(CCCCCCCC)CCCCCCCC.[O-][Cl+2]([O-])[O-]. The molecule has 0 unspecified atom stereocenters. The second-order valence-electron chi connectivity index (χ2n) is 9.28. The Labute approximate surface area is 192 Å². The first-order valence-electron chi connectivity index (χ1n) is 13.0. The number of nitrogens with zero attached hydrogens (tertiary/aromatic N) is 1. The standard InChI is InChI=1S/C25H54N.ClO3/c1-5-8-11-14-17-20-23-26(4,24-21-18-15-12-9-6-2)25-22-19-16-13-10-7-3;2-1(3)4/h5-25H2,1-4H3;/q+1;-1. The lowest BCUT2D eigenvalue weighted by molar-refractivity contribution is -1.73. The van der Waals surface area contributed by atoms with Crippen molar-refractivity contribution in [1.82, 2.24) is 0 Å². The summed E-state index contributed by atoms with van der Waals surface area (Å²) in [5, 5.41) is 0. The predicted molar refractivity (Wildman–Crippen MR) is 121 cm³/mol. The van der Waals surface area contributed by atoms with Crippen molar-refractivity contribution in [2.24, 2.45) is 0 Å². The first-order chi connectivity index (χ1) is 14.4. The van der Waals surface area contributed by atoms with Crippen LogP contribution >= 0.6 is 0 Å². The molecule has 0 heterocycles. The van der Waals surface area contributed by atoms with Crippen molar-refractivity contribution in [3.8, 4) is 0 Å². The van der Waals surface area contributed by atoms with Crippen molar-refractivity contribution in [1.29, 1.82) is 0 Å². The summed E-state index contributed by atoms with van der Waals surface area (Å²) in [6.45, 7) is 11.2. The summed E-state index contributed by atoms with van der Waals surface area (Å²) in [6, 6.07) is 0. The third-order valence-electron chi connectivity index (χ3n) is 6.15. The summed E-state index contributed by atoms with van der Waals surface area (Å²) in [6.07, 6.45) is 25.9. The maximum atomic E-state index is 8.41. The number of quaternary nitrogens is 1. The molecular weight excluding hydrogens is 398 g/mol. The first-order valence-corrected chi connectivity index (χ1v) is 13.9. The van der Waals surface area contributed by atoms with Crippen LogP contribution in [-0.2, 0) is 0 Å². The Morgan fingerprint density at radius 1 is 0.433 bits per heavy atom. The molecule has 0 N–H and O–H groups in total. The minimum Gasteiger partial charge on any atom is -0.357 e. The van der Waals surface area contributed by atoms with Crippen molar-refractivity contribution >= 4 is 0 Å². The zero-order chi connectivity index (χ0) is 22.9. The summed E-state index contributed by atoms with van der Waals surface area (Å²) >= 11 is 0. The van der Waals surface area contributed by atoms with Crippen LogP contribution in [0.1, 0.15) is 136 Å². The highest BCUT2D eigenvalue weighted by Gasteiger charge is 2.20. The highest BCUT2D eigenvalue weighted by atomic mass is 35.6. The Hall–Kier alpha value is 0.130. The van der Waals surface area contributed by atoms with Crippen LogP contribution in [0.2, 0.25) is 0 Å². The third kappa shape index (κ3) is 28.1. The molecule has 5 heteroatoms. The molecule has 4 nitrogen and oxygen atoms in total. The van der Waals surface area contributed by atoms with Crippen molar-refractivity contribution in [2.75, 3.05) is 26.7 Å². The van der Waals surface area contributed by atoms with E-state index in [9.17, 15) is 0 Å². The van der Waals surface area contributed by atoms with Gasteiger partial charge in [0.15, 0.2) is 0 Å². The topological polar surface area (TPSA) is 69.2 Å². The normalized spacial score (nSPS) is 11.6. The molecule has 0 aromatic rings. The molecule has 0 saturated carbocycles. The Morgan fingerprint density at radius 2 is 0.633 bits per heavy atom. The third-order valence-corrected chi connectivity index (χ3v) is 6.15. The lowest BCUT2D eigenvalue weighted by Crippen LogP contribution is -2.46. The lowest BCUT2D eigenvalue weighted by atomic mass is 10.1. The Morgan fingerprint density at radius 3 is 0.867 bits per heavy atom. The van der Waals surface area contributed by atoms with Crippen molar-refractivity contribution in [3.05, 3.63) is 0 Å². The van der Waals surface area contributed by atoms with Gasteiger partial charge in [0.1, 0.15) is 0 Å². The quantitative estimate of drug-likeness (QED) is 0.183. The van der Waals surface area contributed by atoms with Crippen LogP contribution in [0.5, 0.6) is 0 Å². The number of halogens is 1. The molecule has 0 rings (SSSR count). The smallest absolute Gasteiger partial charge is 0.0784 e. The van der Waals surface area contributed by atoms with Gasteiger partial charge in [-0.2, -0.15) is 0 Å². The van der Waals surface area contributed by atoms with E-state index < -0.39 is 10.8 Å². The first kappa shape index (κ1) is 32.3. The molecule has 0 fully saturated rings. The molecule has 0 aliphatic heterocycles. The number of hydrogen-bond donors (Lipinski definition) is 0. The van der Waals surface area contributed by atoms with E-state index in [1.54, 1.807) is 0 Å². The van der Waals surface area contributed by atoms with E-state index in [1.165, 1.54) is 140 Å². The van der Waals surface area contributed by atoms with Crippen molar-refractivity contribution in [2.45, 2.75) is 136 Å². The summed E-state index contributed by atoms with van der Waals surface area (Å²) in [5.41, 5.74) is 0. The van der Waals surface area contributed by atoms with Gasteiger partial charge in [0, 0.05) is 0 Å². The number of rotatable bonds is 21. The van der Waals surface area contributed by atoms with Crippen molar-refractivity contribution in [3.63, 3.8) is 0 Å². The van der Waals surface area contributed by atoms with Crippen LogP contribution < -0.4 is 14.0 Å². The van der Waals surface area contributed by atoms with E-state index in [-0.39, 0.29) is 0 Å². The molecule has 0 aromatic heterocycles. The minimum absolute atomic E-state index is 1.36.